The summed E-state index contributed by atoms with van der Waals surface area (Å²) in [5.41, 5.74) is 4.77. The Kier molecular flexibility index (Phi) is 7.50. The Morgan fingerprint density at radius 2 is 1.90 bits per heavy atom. The van der Waals surface area contributed by atoms with Crippen LogP contribution in [0.15, 0.2) is 47.5 Å². The van der Waals surface area contributed by atoms with Crippen LogP contribution in [0.4, 0.5) is 4.79 Å². The van der Waals surface area contributed by atoms with Crippen molar-refractivity contribution in [2.75, 3.05) is 13.6 Å². The second kappa shape index (κ2) is 10.1. The lowest BCUT2D eigenvalue weighted by molar-refractivity contribution is -0.134. The van der Waals surface area contributed by atoms with Crippen molar-refractivity contribution in [1.82, 2.24) is 9.80 Å². The van der Waals surface area contributed by atoms with E-state index in [1.165, 1.54) is 5.56 Å². The Labute approximate surface area is 189 Å². The van der Waals surface area contributed by atoms with E-state index in [1.54, 1.807) is 16.8 Å². The summed E-state index contributed by atoms with van der Waals surface area (Å²) in [5.74, 6) is -0.0426. The zero-order chi connectivity index (χ0) is 22.5. The first-order valence-corrected chi connectivity index (χ1v) is 11.1. The summed E-state index contributed by atoms with van der Waals surface area (Å²) in [4.78, 5) is 33.6. The fourth-order valence-corrected chi connectivity index (χ4v) is 4.15. The molecule has 1 atom stereocenters. The van der Waals surface area contributed by atoms with E-state index in [4.69, 9.17) is 11.6 Å². The van der Waals surface area contributed by atoms with Gasteiger partial charge in [-0.3, -0.25) is 4.79 Å². The van der Waals surface area contributed by atoms with E-state index in [2.05, 4.69) is 4.99 Å². The molecule has 31 heavy (non-hydrogen) atoms. The highest BCUT2D eigenvalue weighted by Gasteiger charge is 2.35. The summed E-state index contributed by atoms with van der Waals surface area (Å²) in [6, 6.07) is 13.0. The zero-order valence-corrected chi connectivity index (χ0v) is 19.4. The minimum atomic E-state index is -0.462. The molecule has 1 aliphatic rings. The van der Waals surface area contributed by atoms with Crippen molar-refractivity contribution in [3.05, 3.63) is 69.7 Å². The molecule has 2 aromatic carbocycles. The lowest BCUT2D eigenvalue weighted by Crippen LogP contribution is -2.45. The van der Waals surface area contributed by atoms with Gasteiger partial charge in [-0.05, 0) is 61.9 Å². The van der Waals surface area contributed by atoms with Crippen LogP contribution < -0.4 is 0 Å². The Morgan fingerprint density at radius 3 is 2.58 bits per heavy atom. The van der Waals surface area contributed by atoms with Crippen LogP contribution in [-0.4, -0.2) is 47.1 Å². The maximum absolute atomic E-state index is 13.1. The summed E-state index contributed by atoms with van der Waals surface area (Å²) >= 11 is 6.20. The number of hydrogen-bond donors (Lipinski definition) is 0. The number of carbonyl (C=O) groups excluding carboxylic acids is 2. The van der Waals surface area contributed by atoms with Crippen molar-refractivity contribution in [3.63, 3.8) is 0 Å². The molecule has 0 spiro atoms. The third-order valence-corrected chi connectivity index (χ3v) is 6.18. The van der Waals surface area contributed by atoms with Gasteiger partial charge < -0.3 is 9.80 Å². The van der Waals surface area contributed by atoms with E-state index in [0.29, 0.717) is 30.2 Å². The molecule has 1 saturated heterocycles. The summed E-state index contributed by atoms with van der Waals surface area (Å²) < 4.78 is 0. The van der Waals surface area contributed by atoms with Gasteiger partial charge in [0.2, 0.25) is 5.91 Å². The molecule has 0 bridgehead atoms. The standard InChI is InChI=1S/C25H30ClN3O2/c1-5-20-15-21(12-13-22(20)26)18(3)27-25(31)29-14-6-7-23(29)24(30)28(4)16-19-10-8-17(2)9-11-19/h8-13,15,23H,5-7,14,16H2,1-4H3/b27-18+/t23-/m1/s1. The number of likely N-dealkylation sites (tertiary alicyclic amines) is 1. The topological polar surface area (TPSA) is 53.0 Å². The van der Waals surface area contributed by atoms with Crippen LogP contribution in [0.3, 0.4) is 0 Å². The largest absolute Gasteiger partial charge is 0.344 e. The third kappa shape index (κ3) is 5.53. The number of amides is 3. The van der Waals surface area contributed by atoms with Gasteiger partial charge in [0, 0.05) is 25.2 Å². The second-order valence-electron chi connectivity index (χ2n) is 8.17. The number of hydrogen-bond acceptors (Lipinski definition) is 2. The number of carbonyl (C=O) groups is 2. The van der Waals surface area contributed by atoms with Gasteiger partial charge in [-0.2, -0.15) is 4.99 Å². The van der Waals surface area contributed by atoms with Crippen molar-refractivity contribution in [3.8, 4) is 0 Å². The molecule has 0 aliphatic carbocycles. The van der Waals surface area contributed by atoms with Gasteiger partial charge in [0.05, 0.1) is 5.71 Å². The van der Waals surface area contributed by atoms with Crippen molar-refractivity contribution in [2.45, 2.75) is 52.6 Å². The fraction of sp³-hybridized carbons (Fsp3) is 0.400. The first-order chi connectivity index (χ1) is 14.8. The number of aliphatic imine (C=N–C) groups is 1. The fourth-order valence-electron chi connectivity index (χ4n) is 3.90. The van der Waals surface area contributed by atoms with Crippen LogP contribution in [0.5, 0.6) is 0 Å². The van der Waals surface area contributed by atoms with Crippen molar-refractivity contribution in [2.24, 2.45) is 4.99 Å². The Bertz CT molecular complexity index is 985. The van der Waals surface area contributed by atoms with Crippen molar-refractivity contribution < 1.29 is 9.59 Å². The van der Waals surface area contributed by atoms with E-state index < -0.39 is 6.04 Å². The molecule has 6 heteroatoms. The number of aryl methyl sites for hydroxylation is 2. The molecule has 1 aliphatic heterocycles. The SMILES string of the molecule is CCc1cc(/C(C)=N/C(=O)N2CCC[C@@H]2C(=O)N(C)Cc2ccc(C)cc2)ccc1Cl. The number of nitrogens with zero attached hydrogens (tertiary/aromatic N) is 3. The predicted octanol–water partition coefficient (Wildman–Crippen LogP) is 5.26. The molecule has 0 N–H and O–H groups in total. The van der Waals surface area contributed by atoms with Gasteiger partial charge in [0.15, 0.2) is 0 Å². The smallest absolute Gasteiger partial charge is 0.340 e. The number of halogens is 1. The highest BCUT2D eigenvalue weighted by molar-refractivity contribution is 6.31. The molecule has 0 radical (unpaired) electrons. The molecule has 2 aromatic rings. The maximum Gasteiger partial charge on any atom is 0.344 e. The lowest BCUT2D eigenvalue weighted by atomic mass is 10.1. The van der Waals surface area contributed by atoms with Gasteiger partial charge >= 0.3 is 6.03 Å². The molecule has 5 nitrogen and oxygen atoms in total. The highest BCUT2D eigenvalue weighted by Crippen LogP contribution is 2.22. The summed E-state index contributed by atoms with van der Waals surface area (Å²) in [5, 5.41) is 0.715. The molecule has 1 fully saturated rings. The van der Waals surface area contributed by atoms with Gasteiger partial charge in [0.1, 0.15) is 6.04 Å². The number of urea groups is 1. The average Bonchev–Trinajstić information content (AvgIpc) is 3.25. The van der Waals surface area contributed by atoms with Crippen LogP contribution in [0.1, 0.15) is 48.9 Å². The van der Waals surface area contributed by atoms with Crippen molar-refractivity contribution in [1.29, 1.82) is 0 Å². The van der Waals surface area contributed by atoms with Gasteiger partial charge in [-0.25, -0.2) is 4.79 Å². The summed E-state index contributed by atoms with van der Waals surface area (Å²) in [6.45, 7) is 6.96. The van der Waals surface area contributed by atoms with Crippen LogP contribution in [0, 0.1) is 6.92 Å². The quantitative estimate of drug-likeness (QED) is 0.596. The molecule has 164 valence electrons. The van der Waals surface area contributed by atoms with Gasteiger partial charge in [-0.15, -0.1) is 0 Å². The van der Waals surface area contributed by atoms with E-state index in [1.807, 2.05) is 63.2 Å². The van der Waals surface area contributed by atoms with Gasteiger partial charge in [0.25, 0.3) is 0 Å². The van der Waals surface area contributed by atoms with Crippen molar-refractivity contribution >= 4 is 29.3 Å². The highest BCUT2D eigenvalue weighted by atomic mass is 35.5. The molecule has 3 amide bonds. The molecule has 0 unspecified atom stereocenters. The van der Waals surface area contributed by atoms with E-state index in [0.717, 1.165) is 29.5 Å². The Hall–Kier alpha value is -2.66. The monoisotopic (exact) mass is 439 g/mol. The molecule has 0 aromatic heterocycles. The molecule has 1 heterocycles. The molecular formula is C25H30ClN3O2. The Balaban J connectivity index is 1.71. The van der Waals surface area contributed by atoms with E-state index >= 15 is 0 Å². The minimum Gasteiger partial charge on any atom is -0.340 e. The van der Waals surface area contributed by atoms with E-state index in [9.17, 15) is 9.59 Å². The Morgan fingerprint density at radius 1 is 1.19 bits per heavy atom. The normalized spacial score (nSPS) is 16.5. The summed E-state index contributed by atoms with van der Waals surface area (Å²) in [6.07, 6.45) is 2.28. The maximum atomic E-state index is 13.1. The number of rotatable bonds is 5. The number of likely N-dealkylation sites (N-methyl/N-ethyl adjacent to an activating group) is 1. The molecule has 3 rings (SSSR count). The first kappa shape index (κ1) is 23.0. The zero-order valence-electron chi connectivity index (χ0n) is 18.7. The third-order valence-electron chi connectivity index (χ3n) is 5.81. The average molecular weight is 440 g/mol. The molecular weight excluding hydrogens is 410 g/mol. The van der Waals surface area contributed by atoms with E-state index in [-0.39, 0.29) is 11.9 Å². The second-order valence-corrected chi connectivity index (χ2v) is 8.58. The van der Waals surface area contributed by atoms with Crippen LogP contribution in [0.2, 0.25) is 5.02 Å². The predicted molar refractivity (Wildman–Crippen MR) is 126 cm³/mol. The summed E-state index contributed by atoms with van der Waals surface area (Å²) in [7, 11) is 1.79. The van der Waals surface area contributed by atoms with Crippen LogP contribution >= 0.6 is 11.6 Å². The van der Waals surface area contributed by atoms with Crippen LogP contribution in [0.25, 0.3) is 0 Å². The van der Waals surface area contributed by atoms with Gasteiger partial charge in [-0.1, -0.05) is 54.4 Å². The van der Waals surface area contributed by atoms with Crippen LogP contribution in [-0.2, 0) is 17.8 Å². The lowest BCUT2D eigenvalue weighted by Gasteiger charge is -2.27. The number of benzene rings is 2. The molecule has 0 saturated carbocycles. The first-order valence-electron chi connectivity index (χ1n) is 10.8. The minimum absolute atomic E-state index is 0.0426.